The van der Waals surface area contributed by atoms with E-state index in [1.54, 1.807) is 0 Å². The molecule has 0 radical (unpaired) electrons. The fourth-order valence-corrected chi connectivity index (χ4v) is 6.02. The van der Waals surface area contributed by atoms with Crippen molar-refractivity contribution in [2.45, 2.75) is 0 Å². The highest BCUT2D eigenvalue weighted by molar-refractivity contribution is 6.21. The molecule has 0 saturated heterocycles. The van der Waals surface area contributed by atoms with Crippen LogP contribution in [0.2, 0.25) is 0 Å². The van der Waals surface area contributed by atoms with E-state index in [2.05, 4.69) is 89.9 Å². The van der Waals surface area contributed by atoms with Gasteiger partial charge < -0.3 is 0 Å². The number of fused-ring (bicyclic) bond motifs is 2. The molecule has 4 nitrogen and oxygen atoms in total. The quantitative estimate of drug-likeness (QED) is 0.196. The van der Waals surface area contributed by atoms with E-state index in [1.165, 1.54) is 32.7 Å². The van der Waals surface area contributed by atoms with Gasteiger partial charge in [0, 0.05) is 29.1 Å². The van der Waals surface area contributed by atoms with Crippen molar-refractivity contribution in [3.63, 3.8) is 0 Å². The van der Waals surface area contributed by atoms with Crippen molar-refractivity contribution >= 4 is 21.5 Å². The third-order valence-electron chi connectivity index (χ3n) is 8.01. The van der Waals surface area contributed by atoms with Gasteiger partial charge in [0.1, 0.15) is 0 Å². The summed E-state index contributed by atoms with van der Waals surface area (Å²) >= 11 is 0. The molecular formula is C40H26N4. The topological polar surface area (TPSA) is 51.6 Å². The molecule has 0 spiro atoms. The van der Waals surface area contributed by atoms with Crippen LogP contribution in [0, 0.1) is 0 Å². The number of rotatable bonds is 5. The van der Waals surface area contributed by atoms with Gasteiger partial charge in [-0.3, -0.25) is 4.98 Å². The van der Waals surface area contributed by atoms with Gasteiger partial charge in [-0.2, -0.15) is 0 Å². The number of aromatic nitrogens is 4. The van der Waals surface area contributed by atoms with Crippen LogP contribution in [-0.2, 0) is 0 Å². The van der Waals surface area contributed by atoms with E-state index < -0.39 is 0 Å². The molecule has 44 heavy (non-hydrogen) atoms. The summed E-state index contributed by atoms with van der Waals surface area (Å²) in [5.74, 6) is 1.94. The smallest absolute Gasteiger partial charge is 0.164 e. The maximum absolute atomic E-state index is 4.98. The zero-order chi connectivity index (χ0) is 29.3. The Balaban J connectivity index is 1.36. The summed E-state index contributed by atoms with van der Waals surface area (Å²) in [5.41, 5.74) is 7.51. The van der Waals surface area contributed by atoms with Crippen molar-refractivity contribution in [2.24, 2.45) is 0 Å². The minimum absolute atomic E-state index is 0.640. The lowest BCUT2D eigenvalue weighted by Crippen LogP contribution is -2.00. The molecule has 0 bridgehead atoms. The number of benzene rings is 6. The predicted octanol–water partition coefficient (Wildman–Crippen LogP) is 9.91. The Labute approximate surface area is 255 Å². The van der Waals surface area contributed by atoms with Crippen molar-refractivity contribution in [2.75, 3.05) is 0 Å². The first-order valence-corrected chi connectivity index (χ1v) is 14.6. The molecule has 0 unspecified atom stereocenters. The molecule has 0 saturated carbocycles. The van der Waals surface area contributed by atoms with Crippen molar-refractivity contribution in [3.05, 3.63) is 158 Å². The van der Waals surface area contributed by atoms with Crippen LogP contribution in [0.4, 0.5) is 0 Å². The van der Waals surface area contributed by atoms with Crippen molar-refractivity contribution in [1.29, 1.82) is 0 Å². The molecule has 0 aliphatic heterocycles. The molecule has 6 aromatic carbocycles. The predicted molar refractivity (Wildman–Crippen MR) is 180 cm³/mol. The molecule has 4 heteroatoms. The molecule has 206 valence electrons. The first kappa shape index (κ1) is 25.7. The lowest BCUT2D eigenvalue weighted by Gasteiger charge is -2.18. The van der Waals surface area contributed by atoms with Gasteiger partial charge in [-0.05, 0) is 62.0 Å². The van der Waals surface area contributed by atoms with Gasteiger partial charge in [-0.15, -0.1) is 0 Å². The van der Waals surface area contributed by atoms with Gasteiger partial charge in [0.2, 0.25) is 0 Å². The Morgan fingerprint density at radius 1 is 0.295 bits per heavy atom. The average molecular weight is 563 g/mol. The number of pyridine rings is 1. The van der Waals surface area contributed by atoms with E-state index in [0.29, 0.717) is 17.5 Å². The Bertz CT molecular complexity index is 2150. The summed E-state index contributed by atoms with van der Waals surface area (Å²) in [6.45, 7) is 0. The lowest BCUT2D eigenvalue weighted by molar-refractivity contribution is 1.07. The van der Waals surface area contributed by atoms with Crippen LogP contribution >= 0.6 is 0 Å². The monoisotopic (exact) mass is 562 g/mol. The first-order chi connectivity index (χ1) is 21.8. The Morgan fingerprint density at radius 3 is 1.18 bits per heavy atom. The van der Waals surface area contributed by atoms with Gasteiger partial charge in [-0.1, -0.05) is 127 Å². The lowest BCUT2D eigenvalue weighted by atomic mass is 9.86. The van der Waals surface area contributed by atoms with Gasteiger partial charge in [0.05, 0.1) is 0 Å². The normalized spacial score (nSPS) is 11.2. The molecule has 0 fully saturated rings. The molecule has 0 amide bonds. The molecule has 0 N–H and O–H groups in total. The van der Waals surface area contributed by atoms with Crippen LogP contribution in [0.1, 0.15) is 0 Å². The van der Waals surface area contributed by atoms with Gasteiger partial charge >= 0.3 is 0 Å². The summed E-state index contributed by atoms with van der Waals surface area (Å²) in [6, 6.07) is 50.2. The number of nitrogens with zero attached hydrogens (tertiary/aromatic N) is 4. The highest BCUT2D eigenvalue weighted by Crippen LogP contribution is 2.44. The maximum atomic E-state index is 4.98. The van der Waals surface area contributed by atoms with Crippen LogP contribution in [0.25, 0.3) is 78.0 Å². The fraction of sp³-hybridized carbons (Fsp3) is 0. The number of hydrogen-bond acceptors (Lipinski definition) is 4. The highest BCUT2D eigenvalue weighted by atomic mass is 15.0. The van der Waals surface area contributed by atoms with Crippen LogP contribution in [0.5, 0.6) is 0 Å². The second-order valence-electron chi connectivity index (χ2n) is 10.7. The second-order valence-corrected chi connectivity index (χ2v) is 10.7. The van der Waals surface area contributed by atoms with Crippen LogP contribution in [-0.4, -0.2) is 19.9 Å². The third kappa shape index (κ3) is 4.59. The van der Waals surface area contributed by atoms with Gasteiger partial charge in [-0.25, -0.2) is 15.0 Å². The van der Waals surface area contributed by atoms with Crippen molar-refractivity contribution in [1.82, 2.24) is 19.9 Å². The summed E-state index contributed by atoms with van der Waals surface area (Å²) in [6.07, 6.45) is 3.72. The van der Waals surface area contributed by atoms with Gasteiger partial charge in [0.25, 0.3) is 0 Å². The molecule has 0 aliphatic carbocycles. The third-order valence-corrected chi connectivity index (χ3v) is 8.01. The molecular weight excluding hydrogens is 536 g/mol. The van der Waals surface area contributed by atoms with Crippen molar-refractivity contribution < 1.29 is 0 Å². The van der Waals surface area contributed by atoms with Crippen LogP contribution < -0.4 is 0 Å². The Hall–Kier alpha value is -6.00. The molecule has 0 atom stereocenters. The SMILES string of the molecule is c1ccc(-c2nc(-c3ccccc3)nc(-c3cccc(-c4c5ccccc5c(-c5ccncc5)c5ccccc45)c3)n2)cc1. The summed E-state index contributed by atoms with van der Waals surface area (Å²) in [4.78, 5) is 19.1. The Morgan fingerprint density at radius 2 is 0.682 bits per heavy atom. The molecule has 8 rings (SSSR count). The maximum Gasteiger partial charge on any atom is 0.164 e. The minimum atomic E-state index is 0.640. The Kier molecular flexibility index (Phi) is 6.43. The zero-order valence-electron chi connectivity index (χ0n) is 23.8. The van der Waals surface area contributed by atoms with E-state index in [4.69, 9.17) is 15.0 Å². The van der Waals surface area contributed by atoms with Crippen LogP contribution in [0.3, 0.4) is 0 Å². The molecule has 2 heterocycles. The van der Waals surface area contributed by atoms with Gasteiger partial charge in [0.15, 0.2) is 17.5 Å². The van der Waals surface area contributed by atoms with Crippen LogP contribution in [0.15, 0.2) is 158 Å². The van der Waals surface area contributed by atoms with E-state index in [-0.39, 0.29) is 0 Å². The van der Waals surface area contributed by atoms with Crippen molar-refractivity contribution in [3.8, 4) is 56.4 Å². The largest absolute Gasteiger partial charge is 0.265 e. The van der Waals surface area contributed by atoms with E-state index in [9.17, 15) is 0 Å². The second kappa shape index (κ2) is 11.0. The van der Waals surface area contributed by atoms with E-state index in [1.807, 2.05) is 73.1 Å². The average Bonchev–Trinajstić information content (AvgIpc) is 3.11. The van der Waals surface area contributed by atoms with E-state index >= 15 is 0 Å². The molecule has 2 aromatic heterocycles. The molecule has 8 aromatic rings. The molecule has 0 aliphatic rings. The first-order valence-electron chi connectivity index (χ1n) is 14.6. The van der Waals surface area contributed by atoms with E-state index in [0.717, 1.165) is 27.8 Å². The summed E-state index contributed by atoms with van der Waals surface area (Å²) in [7, 11) is 0. The fourth-order valence-electron chi connectivity index (χ4n) is 6.02. The minimum Gasteiger partial charge on any atom is -0.265 e. The zero-order valence-corrected chi connectivity index (χ0v) is 23.8. The highest BCUT2D eigenvalue weighted by Gasteiger charge is 2.18. The number of hydrogen-bond donors (Lipinski definition) is 0. The summed E-state index contributed by atoms with van der Waals surface area (Å²) < 4.78 is 0. The summed E-state index contributed by atoms with van der Waals surface area (Å²) in [5, 5.41) is 4.80. The standard InChI is InChI=1S/C40H26N4/c1-3-12-28(13-4-1)38-42-39(29-14-5-2-6-15-29)44-40(43-38)31-17-11-16-30(26-31)37-34-20-9-7-18-32(34)36(27-22-24-41-25-23-27)33-19-8-10-21-35(33)37/h1-26H.